The number of ketones is 1. The number of likely N-dealkylation sites (N-methyl/N-ethyl adjacent to an activating group) is 1. The normalized spacial score (nSPS) is 15.9. The number of carbonyl (C=O) groups is 1. The number of rotatable bonds is 3. The SMILES string of the molecule is COc1ccc2c(c1)C=C(C(=O)c1ccc(Br)cc1)N(C)C(C)(C)C2. The van der Waals surface area contributed by atoms with Crippen molar-refractivity contribution in [3.63, 3.8) is 0 Å². The van der Waals surface area contributed by atoms with Crippen LogP contribution in [0.25, 0.3) is 6.08 Å². The molecular weight excluding hydrogens is 378 g/mol. The molecule has 1 aliphatic rings. The van der Waals surface area contributed by atoms with Crippen molar-refractivity contribution in [1.82, 2.24) is 4.90 Å². The van der Waals surface area contributed by atoms with Gasteiger partial charge < -0.3 is 9.64 Å². The predicted molar refractivity (Wildman–Crippen MR) is 105 cm³/mol. The molecule has 2 aromatic rings. The van der Waals surface area contributed by atoms with Crippen molar-refractivity contribution in [1.29, 1.82) is 0 Å². The number of carbonyl (C=O) groups excluding carboxylic acids is 1. The second-order valence-corrected chi connectivity index (χ2v) is 7.89. The molecule has 0 aliphatic carbocycles. The van der Waals surface area contributed by atoms with Gasteiger partial charge in [0.25, 0.3) is 0 Å². The van der Waals surface area contributed by atoms with E-state index >= 15 is 0 Å². The Bertz CT molecular complexity index is 837. The lowest BCUT2D eigenvalue weighted by atomic mass is 9.92. The van der Waals surface area contributed by atoms with Crippen LogP contribution in [0.2, 0.25) is 0 Å². The molecule has 0 spiro atoms. The fraction of sp³-hybridized carbons (Fsp3) is 0.286. The maximum Gasteiger partial charge on any atom is 0.209 e. The Balaban J connectivity index is 2.12. The molecular formula is C21H22BrNO2. The van der Waals surface area contributed by atoms with Crippen LogP contribution in [0.4, 0.5) is 0 Å². The highest BCUT2D eigenvalue weighted by molar-refractivity contribution is 9.10. The number of allylic oxidation sites excluding steroid dienone is 1. The van der Waals surface area contributed by atoms with E-state index in [2.05, 4.69) is 40.7 Å². The first-order valence-corrected chi connectivity index (χ1v) is 9.04. The molecule has 0 radical (unpaired) electrons. The van der Waals surface area contributed by atoms with Gasteiger partial charge in [0.1, 0.15) is 5.75 Å². The number of ether oxygens (including phenoxy) is 1. The predicted octanol–water partition coefficient (Wildman–Crippen LogP) is 4.95. The molecule has 0 saturated heterocycles. The van der Waals surface area contributed by atoms with Crippen molar-refractivity contribution in [2.75, 3.05) is 14.2 Å². The smallest absolute Gasteiger partial charge is 0.209 e. The number of hydrogen-bond donors (Lipinski definition) is 0. The van der Waals surface area contributed by atoms with Gasteiger partial charge in [-0.25, -0.2) is 0 Å². The van der Waals surface area contributed by atoms with Gasteiger partial charge in [-0.05, 0) is 73.9 Å². The molecule has 0 fully saturated rings. The summed E-state index contributed by atoms with van der Waals surface area (Å²) in [5.41, 5.74) is 3.47. The third kappa shape index (κ3) is 3.49. The lowest BCUT2D eigenvalue weighted by molar-refractivity contribution is 0.0958. The summed E-state index contributed by atoms with van der Waals surface area (Å²) in [6.07, 6.45) is 2.84. The average molecular weight is 400 g/mol. The van der Waals surface area contributed by atoms with Gasteiger partial charge in [-0.1, -0.05) is 22.0 Å². The van der Waals surface area contributed by atoms with Gasteiger partial charge in [0.2, 0.25) is 5.78 Å². The summed E-state index contributed by atoms with van der Waals surface area (Å²) >= 11 is 3.42. The molecule has 1 aliphatic heterocycles. The van der Waals surface area contributed by atoms with E-state index in [-0.39, 0.29) is 11.3 Å². The van der Waals surface area contributed by atoms with Crippen molar-refractivity contribution in [2.45, 2.75) is 25.8 Å². The van der Waals surface area contributed by atoms with Gasteiger partial charge in [-0.15, -0.1) is 0 Å². The molecule has 0 aromatic heterocycles. The standard InChI is InChI=1S/C21H22BrNO2/c1-21(2)13-15-7-10-18(25-4)11-16(15)12-19(23(21)3)20(24)14-5-8-17(22)9-6-14/h5-12H,13H2,1-4H3. The summed E-state index contributed by atoms with van der Waals surface area (Å²) in [5, 5.41) is 0. The van der Waals surface area contributed by atoms with Gasteiger partial charge >= 0.3 is 0 Å². The van der Waals surface area contributed by atoms with Crippen LogP contribution in [0, 0.1) is 0 Å². The Hall–Kier alpha value is -2.07. The largest absolute Gasteiger partial charge is 0.497 e. The summed E-state index contributed by atoms with van der Waals surface area (Å²) in [7, 11) is 3.65. The Morgan fingerprint density at radius 1 is 1.16 bits per heavy atom. The molecule has 0 bridgehead atoms. The van der Waals surface area contributed by atoms with Crippen LogP contribution >= 0.6 is 15.9 Å². The molecule has 130 valence electrons. The minimum Gasteiger partial charge on any atom is -0.497 e. The Labute approximate surface area is 157 Å². The van der Waals surface area contributed by atoms with Crippen molar-refractivity contribution in [3.8, 4) is 5.75 Å². The van der Waals surface area contributed by atoms with E-state index in [0.717, 1.165) is 22.2 Å². The number of methoxy groups -OCH3 is 1. The topological polar surface area (TPSA) is 29.5 Å². The highest BCUT2D eigenvalue weighted by atomic mass is 79.9. The molecule has 1 heterocycles. The Morgan fingerprint density at radius 2 is 1.84 bits per heavy atom. The summed E-state index contributed by atoms with van der Waals surface area (Å²) in [5.74, 6) is 0.826. The number of nitrogens with zero attached hydrogens (tertiary/aromatic N) is 1. The van der Waals surface area contributed by atoms with Crippen LogP contribution in [0.5, 0.6) is 5.75 Å². The zero-order valence-corrected chi connectivity index (χ0v) is 16.6. The quantitative estimate of drug-likeness (QED) is 0.683. The minimum atomic E-state index is -0.170. The third-order valence-corrected chi connectivity index (χ3v) is 5.41. The first-order chi connectivity index (χ1) is 11.8. The van der Waals surface area contributed by atoms with Gasteiger partial charge in [-0.3, -0.25) is 4.79 Å². The van der Waals surface area contributed by atoms with Gasteiger partial charge in [0, 0.05) is 22.6 Å². The summed E-state index contributed by atoms with van der Waals surface area (Å²) in [4.78, 5) is 15.3. The van der Waals surface area contributed by atoms with E-state index in [1.165, 1.54) is 5.56 Å². The summed E-state index contributed by atoms with van der Waals surface area (Å²) < 4.78 is 6.32. The van der Waals surface area contributed by atoms with Crippen molar-refractivity contribution >= 4 is 27.8 Å². The van der Waals surface area contributed by atoms with Gasteiger partial charge in [0.05, 0.1) is 12.8 Å². The van der Waals surface area contributed by atoms with Crippen molar-refractivity contribution < 1.29 is 9.53 Å². The van der Waals surface area contributed by atoms with E-state index < -0.39 is 0 Å². The van der Waals surface area contributed by atoms with Crippen LogP contribution in [0.15, 0.2) is 52.6 Å². The number of hydrogen-bond acceptors (Lipinski definition) is 3. The van der Waals surface area contributed by atoms with E-state index in [0.29, 0.717) is 11.3 Å². The number of benzene rings is 2. The highest BCUT2D eigenvalue weighted by Gasteiger charge is 2.32. The summed E-state index contributed by atoms with van der Waals surface area (Å²) in [6.45, 7) is 4.32. The molecule has 25 heavy (non-hydrogen) atoms. The van der Waals surface area contributed by atoms with Crippen LogP contribution in [-0.4, -0.2) is 30.4 Å². The van der Waals surface area contributed by atoms with E-state index in [1.54, 1.807) is 7.11 Å². The molecule has 0 N–H and O–H groups in total. The molecule has 3 nitrogen and oxygen atoms in total. The molecule has 0 saturated carbocycles. The van der Waals surface area contributed by atoms with Crippen molar-refractivity contribution in [2.24, 2.45) is 0 Å². The van der Waals surface area contributed by atoms with Gasteiger partial charge in [-0.2, -0.15) is 0 Å². The maximum absolute atomic E-state index is 13.2. The Morgan fingerprint density at radius 3 is 2.48 bits per heavy atom. The second-order valence-electron chi connectivity index (χ2n) is 6.98. The minimum absolute atomic E-state index is 0.0266. The molecule has 0 unspecified atom stereocenters. The molecule has 0 amide bonds. The number of halogens is 1. The Kier molecular flexibility index (Phi) is 4.74. The number of fused-ring (bicyclic) bond motifs is 1. The lowest BCUT2D eigenvalue weighted by Crippen LogP contribution is -2.43. The van der Waals surface area contributed by atoms with Crippen molar-refractivity contribution in [3.05, 3.63) is 69.3 Å². The van der Waals surface area contributed by atoms with E-state index in [4.69, 9.17) is 4.74 Å². The fourth-order valence-electron chi connectivity index (χ4n) is 3.12. The van der Waals surface area contributed by atoms with Crippen LogP contribution in [0.3, 0.4) is 0 Å². The monoisotopic (exact) mass is 399 g/mol. The summed E-state index contributed by atoms with van der Waals surface area (Å²) in [6, 6.07) is 13.6. The zero-order chi connectivity index (χ0) is 18.2. The number of Topliss-reactive ketones (excluding diaryl/α,β-unsaturated/α-hetero) is 1. The van der Waals surface area contributed by atoms with E-state index in [1.807, 2.05) is 49.5 Å². The molecule has 2 aromatic carbocycles. The average Bonchev–Trinajstić information content (AvgIpc) is 2.69. The fourth-order valence-corrected chi connectivity index (χ4v) is 3.38. The third-order valence-electron chi connectivity index (χ3n) is 4.88. The van der Waals surface area contributed by atoms with Crippen LogP contribution < -0.4 is 4.74 Å². The molecule has 4 heteroatoms. The van der Waals surface area contributed by atoms with Crippen LogP contribution in [-0.2, 0) is 6.42 Å². The van der Waals surface area contributed by atoms with E-state index in [9.17, 15) is 4.79 Å². The maximum atomic E-state index is 13.2. The molecule has 3 rings (SSSR count). The first kappa shape index (κ1) is 17.7. The van der Waals surface area contributed by atoms with Gasteiger partial charge in [0.15, 0.2) is 0 Å². The lowest BCUT2D eigenvalue weighted by Gasteiger charge is -2.37. The second kappa shape index (κ2) is 6.68. The van der Waals surface area contributed by atoms with Crippen LogP contribution in [0.1, 0.15) is 35.3 Å². The highest BCUT2D eigenvalue weighted by Crippen LogP contribution is 2.33. The molecule has 0 atom stereocenters. The first-order valence-electron chi connectivity index (χ1n) is 8.24. The zero-order valence-electron chi connectivity index (χ0n) is 15.0.